The maximum Gasteiger partial charge on any atom is 0.215 e. The molecule has 0 unspecified atom stereocenters. The first-order valence-electron chi connectivity index (χ1n) is 6.31. The van der Waals surface area contributed by atoms with Crippen molar-refractivity contribution in [2.75, 3.05) is 0 Å². The van der Waals surface area contributed by atoms with Crippen LogP contribution in [0.25, 0.3) is 0 Å². The second-order valence-corrected chi connectivity index (χ2v) is 5.79. The van der Waals surface area contributed by atoms with Gasteiger partial charge in [-0.05, 0) is 42.0 Å². The zero-order chi connectivity index (χ0) is 13.4. The molecule has 2 aromatic heterocycles. The molecule has 0 bridgehead atoms. The van der Waals surface area contributed by atoms with E-state index in [1.165, 1.54) is 18.4 Å². The summed E-state index contributed by atoms with van der Waals surface area (Å²) in [6.07, 6.45) is 2.57. The Labute approximate surface area is 115 Å². The van der Waals surface area contributed by atoms with Gasteiger partial charge in [0.1, 0.15) is 5.03 Å². The lowest BCUT2D eigenvalue weighted by Crippen LogP contribution is -2.16. The summed E-state index contributed by atoms with van der Waals surface area (Å²) in [5, 5.41) is 21.4. The van der Waals surface area contributed by atoms with E-state index < -0.39 is 0 Å². The number of tetrazole rings is 1. The SMILES string of the molecule is Cc1nn(C)c(Sc2nnnn2C)c1CNC1CC1. The van der Waals surface area contributed by atoms with E-state index in [-0.39, 0.29) is 0 Å². The van der Waals surface area contributed by atoms with Crippen LogP contribution in [0, 0.1) is 6.92 Å². The topological polar surface area (TPSA) is 73.5 Å². The summed E-state index contributed by atoms with van der Waals surface area (Å²) in [5.41, 5.74) is 2.30. The summed E-state index contributed by atoms with van der Waals surface area (Å²) in [7, 11) is 3.80. The van der Waals surface area contributed by atoms with Crippen LogP contribution in [0.15, 0.2) is 10.2 Å². The molecule has 0 atom stereocenters. The van der Waals surface area contributed by atoms with E-state index in [1.54, 1.807) is 16.4 Å². The van der Waals surface area contributed by atoms with Gasteiger partial charge in [-0.1, -0.05) is 0 Å². The Morgan fingerprint density at radius 3 is 2.74 bits per heavy atom. The van der Waals surface area contributed by atoms with Gasteiger partial charge in [-0.15, -0.1) is 5.10 Å². The molecule has 2 aromatic rings. The molecule has 3 rings (SSSR count). The summed E-state index contributed by atoms with van der Waals surface area (Å²) < 4.78 is 3.57. The van der Waals surface area contributed by atoms with Gasteiger partial charge in [0.15, 0.2) is 0 Å². The first-order valence-corrected chi connectivity index (χ1v) is 7.13. The third-order valence-corrected chi connectivity index (χ3v) is 4.44. The summed E-state index contributed by atoms with van der Waals surface area (Å²) in [5.74, 6) is 0. The minimum absolute atomic E-state index is 0.689. The third-order valence-electron chi connectivity index (χ3n) is 3.20. The number of nitrogens with one attached hydrogen (secondary N) is 1. The largest absolute Gasteiger partial charge is 0.310 e. The highest BCUT2D eigenvalue weighted by molar-refractivity contribution is 7.99. The molecular weight excluding hydrogens is 262 g/mol. The Hall–Kier alpha value is -1.41. The molecule has 1 aliphatic rings. The lowest BCUT2D eigenvalue weighted by atomic mass is 10.2. The number of hydrogen-bond acceptors (Lipinski definition) is 6. The van der Waals surface area contributed by atoms with Crippen molar-refractivity contribution < 1.29 is 0 Å². The number of hydrogen-bond donors (Lipinski definition) is 1. The van der Waals surface area contributed by atoms with Crippen LogP contribution in [0.2, 0.25) is 0 Å². The van der Waals surface area contributed by atoms with E-state index in [0.717, 1.165) is 22.4 Å². The molecule has 1 fully saturated rings. The van der Waals surface area contributed by atoms with Crippen LogP contribution >= 0.6 is 11.8 Å². The standard InChI is InChI=1S/C11H17N7S/c1-7-9(6-12-8-4-5-8)10(17(2)14-7)19-11-13-15-16-18(11)3/h8,12H,4-6H2,1-3H3. The quantitative estimate of drug-likeness (QED) is 0.866. The van der Waals surface area contributed by atoms with Gasteiger partial charge in [-0.3, -0.25) is 4.68 Å². The van der Waals surface area contributed by atoms with Gasteiger partial charge in [-0.2, -0.15) is 5.10 Å². The molecule has 0 aromatic carbocycles. The first kappa shape index (κ1) is 12.6. The Kier molecular flexibility index (Phi) is 3.28. The van der Waals surface area contributed by atoms with E-state index in [9.17, 15) is 0 Å². The van der Waals surface area contributed by atoms with Crippen molar-refractivity contribution in [1.29, 1.82) is 0 Å². The van der Waals surface area contributed by atoms with Crippen LogP contribution < -0.4 is 5.32 Å². The molecule has 0 radical (unpaired) electrons. The van der Waals surface area contributed by atoms with Crippen LogP contribution in [0.1, 0.15) is 24.1 Å². The fourth-order valence-corrected chi connectivity index (χ4v) is 2.87. The minimum Gasteiger partial charge on any atom is -0.310 e. The van der Waals surface area contributed by atoms with E-state index >= 15 is 0 Å². The smallest absolute Gasteiger partial charge is 0.215 e. The third kappa shape index (κ3) is 2.64. The molecule has 8 heteroatoms. The molecule has 1 N–H and O–H groups in total. The van der Waals surface area contributed by atoms with Crippen LogP contribution in [0.5, 0.6) is 0 Å². The van der Waals surface area contributed by atoms with Crippen LogP contribution in [0.3, 0.4) is 0 Å². The summed E-state index contributed by atoms with van der Waals surface area (Å²) in [4.78, 5) is 0. The minimum atomic E-state index is 0.689. The normalized spacial score (nSPS) is 15.1. The number of aryl methyl sites for hydroxylation is 3. The molecule has 0 saturated heterocycles. The second kappa shape index (κ2) is 4.93. The predicted molar refractivity (Wildman–Crippen MR) is 70.7 cm³/mol. The zero-order valence-corrected chi connectivity index (χ0v) is 12.1. The average Bonchev–Trinajstić information content (AvgIpc) is 3.05. The van der Waals surface area contributed by atoms with Crippen molar-refractivity contribution in [2.24, 2.45) is 14.1 Å². The van der Waals surface area contributed by atoms with E-state index in [1.807, 2.05) is 25.7 Å². The average molecular weight is 279 g/mol. The fourth-order valence-electron chi connectivity index (χ4n) is 1.94. The number of aromatic nitrogens is 6. The summed E-state index contributed by atoms with van der Waals surface area (Å²) >= 11 is 1.55. The fraction of sp³-hybridized carbons (Fsp3) is 0.636. The number of nitrogens with zero attached hydrogens (tertiary/aromatic N) is 6. The van der Waals surface area contributed by atoms with Crippen molar-refractivity contribution in [3.8, 4) is 0 Å². The van der Waals surface area contributed by atoms with E-state index in [0.29, 0.717) is 6.04 Å². The van der Waals surface area contributed by atoms with Gasteiger partial charge in [0.2, 0.25) is 5.16 Å². The van der Waals surface area contributed by atoms with Crippen molar-refractivity contribution in [1.82, 2.24) is 35.3 Å². The molecule has 0 spiro atoms. The molecule has 0 amide bonds. The van der Waals surface area contributed by atoms with Gasteiger partial charge < -0.3 is 5.32 Å². The van der Waals surface area contributed by atoms with Crippen molar-refractivity contribution in [3.05, 3.63) is 11.3 Å². The predicted octanol–water partition coefficient (Wildman–Crippen LogP) is 0.655. The molecule has 2 heterocycles. The van der Waals surface area contributed by atoms with Crippen LogP contribution in [-0.2, 0) is 20.6 Å². The maximum atomic E-state index is 4.50. The molecule has 7 nitrogen and oxygen atoms in total. The zero-order valence-electron chi connectivity index (χ0n) is 11.3. The van der Waals surface area contributed by atoms with Gasteiger partial charge in [0, 0.05) is 32.2 Å². The van der Waals surface area contributed by atoms with Crippen molar-refractivity contribution >= 4 is 11.8 Å². The van der Waals surface area contributed by atoms with Gasteiger partial charge in [0.25, 0.3) is 0 Å². The second-order valence-electron chi connectivity index (χ2n) is 4.84. The molecule has 102 valence electrons. The van der Waals surface area contributed by atoms with Crippen molar-refractivity contribution in [2.45, 2.75) is 42.5 Å². The summed E-state index contributed by atoms with van der Waals surface area (Å²) in [6, 6.07) is 0.689. The van der Waals surface area contributed by atoms with Gasteiger partial charge in [0.05, 0.1) is 5.69 Å². The highest BCUT2D eigenvalue weighted by Crippen LogP contribution is 2.30. The Morgan fingerprint density at radius 1 is 1.32 bits per heavy atom. The van der Waals surface area contributed by atoms with Crippen molar-refractivity contribution in [3.63, 3.8) is 0 Å². The molecule has 1 aliphatic carbocycles. The summed E-state index contributed by atoms with van der Waals surface area (Å²) in [6.45, 7) is 2.90. The van der Waals surface area contributed by atoms with Crippen LogP contribution in [0.4, 0.5) is 0 Å². The Morgan fingerprint density at radius 2 is 2.11 bits per heavy atom. The van der Waals surface area contributed by atoms with Gasteiger partial charge >= 0.3 is 0 Å². The Balaban J connectivity index is 1.83. The molecular formula is C11H17N7S. The molecule has 1 saturated carbocycles. The lowest BCUT2D eigenvalue weighted by Gasteiger charge is -2.06. The Bertz CT molecular complexity index is 584. The molecule has 19 heavy (non-hydrogen) atoms. The highest BCUT2D eigenvalue weighted by Gasteiger charge is 2.23. The monoisotopic (exact) mass is 279 g/mol. The van der Waals surface area contributed by atoms with Gasteiger partial charge in [-0.25, -0.2) is 4.68 Å². The lowest BCUT2D eigenvalue weighted by molar-refractivity contribution is 0.647. The molecule has 0 aliphatic heterocycles. The highest BCUT2D eigenvalue weighted by atomic mass is 32.2. The number of rotatable bonds is 5. The van der Waals surface area contributed by atoms with E-state index in [2.05, 4.69) is 25.9 Å². The van der Waals surface area contributed by atoms with E-state index in [4.69, 9.17) is 0 Å². The first-order chi connectivity index (χ1) is 9.15. The van der Waals surface area contributed by atoms with Crippen LogP contribution in [-0.4, -0.2) is 36.0 Å². The maximum absolute atomic E-state index is 4.50.